The highest BCUT2D eigenvalue weighted by Gasteiger charge is 2.42. The number of nitrogens with zero attached hydrogens (tertiary/aromatic N) is 2. The highest BCUT2D eigenvalue weighted by Crippen LogP contribution is 2.43. The van der Waals surface area contributed by atoms with Crippen molar-refractivity contribution in [3.63, 3.8) is 0 Å². The van der Waals surface area contributed by atoms with Crippen LogP contribution in [0.5, 0.6) is 34.5 Å². The zero-order valence-corrected chi connectivity index (χ0v) is 29.5. The first-order valence-electron chi connectivity index (χ1n) is 15.6. The van der Waals surface area contributed by atoms with Crippen molar-refractivity contribution in [1.29, 1.82) is 0 Å². The summed E-state index contributed by atoms with van der Waals surface area (Å²) in [4.78, 5) is 31.8. The molecule has 0 spiro atoms. The van der Waals surface area contributed by atoms with E-state index in [9.17, 15) is 9.59 Å². The molecule has 1 saturated heterocycles. The van der Waals surface area contributed by atoms with E-state index in [2.05, 4.69) is 0 Å². The number of hydrogen-bond donors (Lipinski definition) is 0. The molecule has 0 saturated carbocycles. The van der Waals surface area contributed by atoms with Crippen LogP contribution in [0, 0.1) is 13.8 Å². The van der Waals surface area contributed by atoms with Crippen LogP contribution in [0.4, 0.5) is 4.79 Å². The van der Waals surface area contributed by atoms with Gasteiger partial charge in [-0.1, -0.05) is 30.3 Å². The molecule has 258 valence electrons. The third-order valence-electron chi connectivity index (χ3n) is 8.31. The fraction of sp³-hybridized carbons (Fsp3) is 0.405. The van der Waals surface area contributed by atoms with Crippen molar-refractivity contribution >= 4 is 18.1 Å². The van der Waals surface area contributed by atoms with Crippen LogP contribution in [0.2, 0.25) is 0 Å². The third kappa shape index (κ3) is 7.25. The van der Waals surface area contributed by atoms with Crippen molar-refractivity contribution in [1.82, 2.24) is 9.80 Å². The van der Waals surface area contributed by atoms with Crippen LogP contribution in [0.15, 0.2) is 48.2 Å². The highest BCUT2D eigenvalue weighted by molar-refractivity contribution is 5.90. The van der Waals surface area contributed by atoms with Gasteiger partial charge in [0.15, 0.2) is 23.0 Å². The zero-order valence-electron chi connectivity index (χ0n) is 29.5. The van der Waals surface area contributed by atoms with Gasteiger partial charge in [0, 0.05) is 34.4 Å². The highest BCUT2D eigenvalue weighted by atomic mass is 16.6. The Labute approximate surface area is 282 Å². The molecule has 0 N–H and O–H groups in total. The minimum absolute atomic E-state index is 0.0694. The number of rotatable bonds is 12. The van der Waals surface area contributed by atoms with Gasteiger partial charge in [0.1, 0.15) is 17.5 Å². The molecule has 2 amide bonds. The number of carbonyl (C=O) groups is 2. The number of hydrogen-bond acceptors (Lipinski definition) is 9. The summed E-state index contributed by atoms with van der Waals surface area (Å²) in [5.74, 6) is 2.86. The Kier molecular flexibility index (Phi) is 11.7. The molecule has 1 atom stereocenters. The predicted molar refractivity (Wildman–Crippen MR) is 182 cm³/mol. The predicted octanol–water partition coefficient (Wildman–Crippen LogP) is 6.20. The van der Waals surface area contributed by atoms with Gasteiger partial charge in [0.05, 0.1) is 61.9 Å². The zero-order chi connectivity index (χ0) is 35.1. The molecule has 0 unspecified atom stereocenters. The molecule has 4 rings (SSSR count). The van der Waals surface area contributed by atoms with E-state index in [-0.39, 0.29) is 25.4 Å². The van der Waals surface area contributed by atoms with Gasteiger partial charge in [-0.25, -0.2) is 4.79 Å². The summed E-state index contributed by atoms with van der Waals surface area (Å²) >= 11 is 0. The Bertz CT molecular complexity index is 1650. The van der Waals surface area contributed by atoms with Gasteiger partial charge in [-0.2, -0.15) is 0 Å². The fourth-order valence-electron chi connectivity index (χ4n) is 6.16. The van der Waals surface area contributed by atoms with Crippen molar-refractivity contribution in [2.45, 2.75) is 52.8 Å². The summed E-state index contributed by atoms with van der Waals surface area (Å²) < 4.78 is 39.8. The van der Waals surface area contributed by atoms with Gasteiger partial charge < -0.3 is 38.1 Å². The molecule has 1 aliphatic heterocycles. The minimum atomic E-state index is -0.933. The molecule has 11 nitrogen and oxygen atoms in total. The lowest BCUT2D eigenvalue weighted by Gasteiger charge is -2.42. The molecule has 3 aromatic rings. The second-order valence-electron chi connectivity index (χ2n) is 11.6. The van der Waals surface area contributed by atoms with Gasteiger partial charge in [-0.3, -0.25) is 9.69 Å². The molecule has 0 bridgehead atoms. The topological polar surface area (TPSA) is 105 Å². The first-order chi connectivity index (χ1) is 23.0. The van der Waals surface area contributed by atoms with Gasteiger partial charge in [-0.15, -0.1) is 0 Å². The quantitative estimate of drug-likeness (QED) is 0.224. The third-order valence-corrected chi connectivity index (χ3v) is 8.31. The van der Waals surface area contributed by atoms with Crippen LogP contribution >= 0.6 is 0 Å². The molecule has 0 aromatic heterocycles. The van der Waals surface area contributed by atoms with Gasteiger partial charge >= 0.3 is 6.09 Å². The largest absolute Gasteiger partial charge is 0.496 e. The van der Waals surface area contributed by atoms with Crippen LogP contribution in [0.3, 0.4) is 0 Å². The molecule has 1 aliphatic rings. The number of amides is 2. The van der Waals surface area contributed by atoms with E-state index in [1.54, 1.807) is 73.5 Å². The molecular weight excluding hydrogens is 616 g/mol. The van der Waals surface area contributed by atoms with Crippen molar-refractivity contribution in [2.24, 2.45) is 0 Å². The van der Waals surface area contributed by atoms with Gasteiger partial charge in [-0.05, 0) is 51.5 Å². The lowest BCUT2D eigenvalue weighted by molar-refractivity contribution is -0.138. The van der Waals surface area contributed by atoms with E-state index in [1.165, 1.54) is 4.90 Å². The summed E-state index contributed by atoms with van der Waals surface area (Å²) in [6.07, 6.45) is 0.963. The fourth-order valence-corrected chi connectivity index (χ4v) is 6.16. The lowest BCUT2D eigenvalue weighted by atomic mass is 9.96. The Morgan fingerprint density at radius 3 is 1.92 bits per heavy atom. The summed E-state index contributed by atoms with van der Waals surface area (Å²) in [5.41, 5.74) is 4.27. The summed E-state index contributed by atoms with van der Waals surface area (Å²) in [5, 5.41) is 0. The van der Waals surface area contributed by atoms with Crippen LogP contribution in [-0.4, -0.2) is 83.1 Å². The van der Waals surface area contributed by atoms with Gasteiger partial charge in [0.2, 0.25) is 5.91 Å². The summed E-state index contributed by atoms with van der Waals surface area (Å²) in [6, 6.07) is 12.3. The number of ether oxygens (including phenoxy) is 7. The van der Waals surface area contributed by atoms with E-state index in [4.69, 9.17) is 33.2 Å². The Hall–Kier alpha value is -5.06. The van der Waals surface area contributed by atoms with Crippen molar-refractivity contribution in [3.05, 3.63) is 76.0 Å². The number of methoxy groups -OCH3 is 6. The standard InChI is InChI=1S/C37H46N2O9/c1-22(2)48-37(41)39-21-28(16-26-18-30(42-5)34(46-9)23(3)32(26)44-7)38(20-25-14-12-11-13-15-25)36(40)29(39)17-27-19-31(43-6)35(47-10)24(4)33(27)45-8/h11-16,18-19,22,29H,17,20-21H2,1-10H3/b28-16-/t29-/m0/s1. The number of carbonyl (C=O) groups excluding carboxylic acids is 2. The number of piperazine rings is 1. The lowest BCUT2D eigenvalue weighted by Crippen LogP contribution is -2.58. The van der Waals surface area contributed by atoms with E-state index < -0.39 is 18.2 Å². The molecule has 3 aromatic carbocycles. The molecule has 11 heteroatoms. The minimum Gasteiger partial charge on any atom is -0.496 e. The van der Waals surface area contributed by atoms with E-state index in [0.29, 0.717) is 56.9 Å². The monoisotopic (exact) mass is 662 g/mol. The van der Waals surface area contributed by atoms with Crippen molar-refractivity contribution in [2.75, 3.05) is 49.2 Å². The average molecular weight is 663 g/mol. The smallest absolute Gasteiger partial charge is 0.411 e. The second kappa shape index (κ2) is 15.7. The molecule has 0 aliphatic carbocycles. The first kappa shape index (κ1) is 35.8. The second-order valence-corrected chi connectivity index (χ2v) is 11.6. The van der Waals surface area contributed by atoms with Crippen molar-refractivity contribution in [3.8, 4) is 34.5 Å². The van der Waals surface area contributed by atoms with Crippen LogP contribution in [0.1, 0.15) is 41.7 Å². The maximum absolute atomic E-state index is 14.8. The number of benzene rings is 3. The normalized spacial score (nSPS) is 15.4. The maximum atomic E-state index is 14.8. The molecular formula is C37H46N2O9. The van der Waals surface area contributed by atoms with E-state index in [0.717, 1.165) is 11.1 Å². The van der Waals surface area contributed by atoms with Crippen LogP contribution < -0.4 is 28.4 Å². The molecule has 0 radical (unpaired) electrons. The Balaban J connectivity index is 1.92. The van der Waals surface area contributed by atoms with E-state index in [1.807, 2.05) is 50.3 Å². The molecule has 1 fully saturated rings. The maximum Gasteiger partial charge on any atom is 0.411 e. The van der Waals surface area contributed by atoms with Crippen LogP contribution in [0.25, 0.3) is 6.08 Å². The SMILES string of the molecule is COc1cc(/C=C2/CN(C(=O)OC(C)C)[C@@H](Cc3cc(OC)c(OC)c(C)c3OC)C(=O)N2Cc2ccccc2)c(OC)c(C)c1OC. The average Bonchev–Trinajstić information content (AvgIpc) is 3.07. The summed E-state index contributed by atoms with van der Waals surface area (Å²) in [7, 11) is 9.37. The Morgan fingerprint density at radius 2 is 1.38 bits per heavy atom. The van der Waals surface area contributed by atoms with Crippen molar-refractivity contribution < 1.29 is 42.7 Å². The van der Waals surface area contributed by atoms with E-state index >= 15 is 0 Å². The van der Waals surface area contributed by atoms with Crippen LogP contribution in [-0.2, 0) is 22.5 Å². The Morgan fingerprint density at radius 1 is 0.812 bits per heavy atom. The summed E-state index contributed by atoms with van der Waals surface area (Å²) in [6.45, 7) is 7.62. The first-order valence-corrected chi connectivity index (χ1v) is 15.6. The van der Waals surface area contributed by atoms with Gasteiger partial charge in [0.25, 0.3) is 0 Å². The molecule has 48 heavy (non-hydrogen) atoms. The molecule has 1 heterocycles.